The van der Waals surface area contributed by atoms with Gasteiger partial charge in [0, 0.05) is 26.0 Å². The third kappa shape index (κ3) is 5.12. The SMILES string of the molecule is Cn1ccnc1C(NCC(O)COc1ccc(F)cc1)c1cccc(F)c1. The molecule has 0 aliphatic carbocycles. The number of nitrogens with one attached hydrogen (secondary N) is 1. The van der Waals surface area contributed by atoms with Crippen LogP contribution >= 0.6 is 0 Å². The highest BCUT2D eigenvalue weighted by atomic mass is 19.1. The summed E-state index contributed by atoms with van der Waals surface area (Å²) < 4.78 is 33.9. The Labute approximate surface area is 156 Å². The maximum atomic E-state index is 13.7. The van der Waals surface area contributed by atoms with Gasteiger partial charge in [-0.15, -0.1) is 0 Å². The summed E-state index contributed by atoms with van der Waals surface area (Å²) in [7, 11) is 1.85. The molecule has 0 amide bonds. The fraction of sp³-hybridized carbons (Fsp3) is 0.250. The second-order valence-corrected chi connectivity index (χ2v) is 6.21. The van der Waals surface area contributed by atoms with E-state index >= 15 is 0 Å². The summed E-state index contributed by atoms with van der Waals surface area (Å²) >= 11 is 0. The number of hydrogen-bond donors (Lipinski definition) is 2. The highest BCUT2D eigenvalue weighted by Gasteiger charge is 2.20. The number of hydrogen-bond acceptors (Lipinski definition) is 4. The van der Waals surface area contributed by atoms with E-state index in [0.717, 1.165) is 0 Å². The molecule has 0 radical (unpaired) electrons. The lowest BCUT2D eigenvalue weighted by Gasteiger charge is -2.21. The zero-order chi connectivity index (χ0) is 19.2. The van der Waals surface area contributed by atoms with E-state index in [4.69, 9.17) is 4.74 Å². The van der Waals surface area contributed by atoms with E-state index in [-0.39, 0.29) is 30.8 Å². The van der Waals surface area contributed by atoms with Crippen LogP contribution in [0, 0.1) is 11.6 Å². The number of benzene rings is 2. The number of halogens is 2. The van der Waals surface area contributed by atoms with Crippen LogP contribution in [0.3, 0.4) is 0 Å². The van der Waals surface area contributed by atoms with E-state index in [9.17, 15) is 13.9 Å². The van der Waals surface area contributed by atoms with Crippen molar-refractivity contribution in [3.63, 3.8) is 0 Å². The van der Waals surface area contributed by atoms with Crippen LogP contribution in [0.1, 0.15) is 17.4 Å². The Morgan fingerprint density at radius 3 is 2.59 bits per heavy atom. The summed E-state index contributed by atoms with van der Waals surface area (Å²) in [5.74, 6) is 0.486. The molecule has 1 heterocycles. The molecule has 1 aromatic heterocycles. The fourth-order valence-corrected chi connectivity index (χ4v) is 2.74. The Morgan fingerprint density at radius 2 is 1.93 bits per heavy atom. The number of rotatable bonds is 8. The topological polar surface area (TPSA) is 59.3 Å². The summed E-state index contributed by atoms with van der Waals surface area (Å²) in [5, 5.41) is 13.4. The van der Waals surface area contributed by atoms with Gasteiger partial charge in [-0.1, -0.05) is 12.1 Å². The molecule has 0 saturated heterocycles. The van der Waals surface area contributed by atoms with Crippen molar-refractivity contribution in [1.82, 2.24) is 14.9 Å². The van der Waals surface area contributed by atoms with Crippen molar-refractivity contribution in [2.24, 2.45) is 7.05 Å². The van der Waals surface area contributed by atoms with Crippen LogP contribution in [0.2, 0.25) is 0 Å². The van der Waals surface area contributed by atoms with Crippen molar-refractivity contribution in [3.05, 3.63) is 83.9 Å². The Morgan fingerprint density at radius 1 is 1.15 bits per heavy atom. The van der Waals surface area contributed by atoms with Gasteiger partial charge in [0.25, 0.3) is 0 Å². The van der Waals surface area contributed by atoms with Gasteiger partial charge in [0.1, 0.15) is 35.9 Å². The van der Waals surface area contributed by atoms with Crippen LogP contribution in [0.25, 0.3) is 0 Å². The minimum atomic E-state index is -0.814. The number of aliphatic hydroxyl groups is 1. The number of ether oxygens (including phenoxy) is 1. The lowest BCUT2D eigenvalue weighted by Crippen LogP contribution is -2.35. The zero-order valence-corrected chi connectivity index (χ0v) is 14.8. The molecular formula is C20H21F2N3O2. The summed E-state index contributed by atoms with van der Waals surface area (Å²) in [6.45, 7) is 0.240. The van der Waals surface area contributed by atoms with Crippen LogP contribution in [0.5, 0.6) is 5.75 Å². The first-order valence-electron chi connectivity index (χ1n) is 8.55. The van der Waals surface area contributed by atoms with Crippen molar-refractivity contribution >= 4 is 0 Å². The average Bonchev–Trinajstić information content (AvgIpc) is 3.07. The molecule has 0 fully saturated rings. The van der Waals surface area contributed by atoms with Crippen molar-refractivity contribution in [1.29, 1.82) is 0 Å². The molecule has 142 valence electrons. The molecule has 3 aromatic rings. The van der Waals surface area contributed by atoms with Crippen LogP contribution in [0.15, 0.2) is 60.9 Å². The van der Waals surface area contributed by atoms with Crippen LogP contribution in [-0.4, -0.2) is 33.9 Å². The minimum Gasteiger partial charge on any atom is -0.491 e. The highest BCUT2D eigenvalue weighted by Crippen LogP contribution is 2.21. The van der Waals surface area contributed by atoms with Crippen LogP contribution in [0.4, 0.5) is 8.78 Å². The third-order valence-corrected chi connectivity index (χ3v) is 4.11. The molecule has 2 aromatic carbocycles. The maximum absolute atomic E-state index is 13.7. The van der Waals surface area contributed by atoms with Gasteiger partial charge in [-0.2, -0.15) is 0 Å². The first-order valence-corrected chi connectivity index (χ1v) is 8.55. The van der Waals surface area contributed by atoms with Crippen LogP contribution in [-0.2, 0) is 7.05 Å². The van der Waals surface area contributed by atoms with Gasteiger partial charge < -0.3 is 19.7 Å². The molecule has 3 rings (SSSR count). The molecule has 2 N–H and O–H groups in total. The van der Waals surface area contributed by atoms with Crippen molar-refractivity contribution in [2.75, 3.05) is 13.2 Å². The first-order chi connectivity index (χ1) is 13.0. The number of aromatic nitrogens is 2. The molecule has 2 unspecified atom stereocenters. The quantitative estimate of drug-likeness (QED) is 0.638. The van der Waals surface area contributed by atoms with E-state index in [1.165, 1.54) is 36.4 Å². The molecule has 0 aliphatic heterocycles. The van der Waals surface area contributed by atoms with Gasteiger partial charge in [-0.3, -0.25) is 0 Å². The second kappa shape index (κ2) is 8.75. The summed E-state index contributed by atoms with van der Waals surface area (Å²) in [6, 6.07) is 11.5. The first kappa shape index (κ1) is 19.0. The molecule has 7 heteroatoms. The molecule has 0 aliphatic rings. The van der Waals surface area contributed by atoms with E-state index in [0.29, 0.717) is 17.1 Å². The standard InChI is InChI=1S/C20H21F2N3O2/c1-25-10-9-23-20(25)19(14-3-2-4-16(22)11-14)24-12-17(26)13-27-18-7-5-15(21)6-8-18/h2-11,17,19,24,26H,12-13H2,1H3. The maximum Gasteiger partial charge on any atom is 0.130 e. The predicted molar refractivity (Wildman–Crippen MR) is 97.4 cm³/mol. The van der Waals surface area contributed by atoms with E-state index < -0.39 is 6.10 Å². The van der Waals surface area contributed by atoms with Gasteiger partial charge in [-0.05, 0) is 42.0 Å². The fourth-order valence-electron chi connectivity index (χ4n) is 2.74. The van der Waals surface area contributed by atoms with Gasteiger partial charge in [-0.25, -0.2) is 13.8 Å². The van der Waals surface area contributed by atoms with Gasteiger partial charge in [0.15, 0.2) is 0 Å². The molecule has 0 bridgehead atoms. The molecule has 5 nitrogen and oxygen atoms in total. The number of nitrogens with zero attached hydrogens (tertiary/aromatic N) is 2. The Kier molecular flexibility index (Phi) is 6.16. The second-order valence-electron chi connectivity index (χ2n) is 6.21. The average molecular weight is 373 g/mol. The third-order valence-electron chi connectivity index (χ3n) is 4.11. The Balaban J connectivity index is 1.64. The summed E-state index contributed by atoms with van der Waals surface area (Å²) in [5.41, 5.74) is 0.705. The monoisotopic (exact) mass is 373 g/mol. The van der Waals surface area contributed by atoms with Gasteiger partial charge in [0.2, 0.25) is 0 Å². The van der Waals surface area contributed by atoms with Crippen LogP contribution < -0.4 is 10.1 Å². The number of aryl methyl sites for hydroxylation is 1. The lowest BCUT2D eigenvalue weighted by atomic mass is 10.1. The van der Waals surface area contributed by atoms with Gasteiger partial charge >= 0.3 is 0 Å². The molecular weight excluding hydrogens is 352 g/mol. The number of aliphatic hydroxyl groups excluding tert-OH is 1. The predicted octanol–water partition coefficient (Wildman–Crippen LogP) is 2.82. The van der Waals surface area contributed by atoms with E-state index in [2.05, 4.69) is 10.3 Å². The molecule has 2 atom stereocenters. The Bertz CT molecular complexity index is 868. The molecule has 0 saturated carbocycles. The van der Waals surface area contributed by atoms with Crippen molar-refractivity contribution in [3.8, 4) is 5.75 Å². The smallest absolute Gasteiger partial charge is 0.130 e. The number of imidazole rings is 1. The van der Waals surface area contributed by atoms with Crippen molar-refractivity contribution < 1.29 is 18.6 Å². The molecule has 0 spiro atoms. The largest absolute Gasteiger partial charge is 0.491 e. The summed E-state index contributed by atoms with van der Waals surface area (Å²) in [6.07, 6.45) is 2.65. The normalized spacial score (nSPS) is 13.3. The minimum absolute atomic E-state index is 0.0368. The summed E-state index contributed by atoms with van der Waals surface area (Å²) in [4.78, 5) is 4.33. The van der Waals surface area contributed by atoms with E-state index in [1.54, 1.807) is 24.5 Å². The Hall–Kier alpha value is -2.77. The highest BCUT2D eigenvalue weighted by molar-refractivity contribution is 5.26. The zero-order valence-electron chi connectivity index (χ0n) is 14.8. The lowest BCUT2D eigenvalue weighted by molar-refractivity contribution is 0.104. The molecule has 27 heavy (non-hydrogen) atoms. The van der Waals surface area contributed by atoms with E-state index in [1.807, 2.05) is 11.6 Å². The van der Waals surface area contributed by atoms with Crippen molar-refractivity contribution in [2.45, 2.75) is 12.1 Å². The van der Waals surface area contributed by atoms with Gasteiger partial charge in [0.05, 0.1) is 6.04 Å².